The van der Waals surface area contributed by atoms with Gasteiger partial charge in [0, 0.05) is 13.2 Å². The Morgan fingerprint density at radius 2 is 2.00 bits per heavy atom. The summed E-state index contributed by atoms with van der Waals surface area (Å²) in [5, 5.41) is 3.60. The topological polar surface area (TPSA) is 21.3 Å². The van der Waals surface area contributed by atoms with Crippen molar-refractivity contribution in [3.63, 3.8) is 0 Å². The number of rotatable bonds is 7. The Hall–Kier alpha value is -0.0800. The Kier molecular flexibility index (Phi) is 3.45. The molecule has 2 saturated carbocycles. The van der Waals surface area contributed by atoms with Gasteiger partial charge in [0.25, 0.3) is 0 Å². The second-order valence-corrected chi connectivity index (χ2v) is 4.88. The van der Waals surface area contributed by atoms with Crippen LogP contribution in [-0.2, 0) is 4.74 Å². The third kappa shape index (κ3) is 2.71. The molecule has 0 heterocycles. The minimum absolute atomic E-state index is 0.482. The van der Waals surface area contributed by atoms with Crippen molar-refractivity contribution in [3.05, 3.63) is 0 Å². The molecule has 2 atom stereocenters. The van der Waals surface area contributed by atoms with Crippen LogP contribution in [0.4, 0.5) is 0 Å². The van der Waals surface area contributed by atoms with Crippen LogP contribution in [0, 0.1) is 11.8 Å². The highest BCUT2D eigenvalue weighted by Crippen LogP contribution is 2.40. The van der Waals surface area contributed by atoms with E-state index < -0.39 is 0 Å². The minimum Gasteiger partial charge on any atom is -0.380 e. The third-order valence-corrected chi connectivity index (χ3v) is 3.51. The summed E-state index contributed by atoms with van der Waals surface area (Å²) in [4.78, 5) is 0. The van der Waals surface area contributed by atoms with Crippen LogP contribution in [0.15, 0.2) is 0 Å². The van der Waals surface area contributed by atoms with Crippen molar-refractivity contribution in [1.29, 1.82) is 0 Å². The molecular weight excluding hydrogens is 174 g/mol. The lowest BCUT2D eigenvalue weighted by molar-refractivity contribution is 0.0471. The first-order valence-corrected chi connectivity index (χ1v) is 6.11. The maximum absolute atomic E-state index is 5.66. The predicted octanol–water partition coefficient (Wildman–Crippen LogP) is 2.19. The van der Waals surface area contributed by atoms with Gasteiger partial charge in [-0.15, -0.1) is 0 Å². The monoisotopic (exact) mass is 197 g/mol. The number of methoxy groups -OCH3 is 1. The third-order valence-electron chi connectivity index (χ3n) is 3.51. The van der Waals surface area contributed by atoms with Gasteiger partial charge in [0.05, 0.1) is 6.10 Å². The molecule has 2 heteroatoms. The molecule has 2 fully saturated rings. The number of hydrogen-bond donors (Lipinski definition) is 1. The van der Waals surface area contributed by atoms with Gasteiger partial charge in [0.1, 0.15) is 0 Å². The largest absolute Gasteiger partial charge is 0.380 e. The van der Waals surface area contributed by atoms with E-state index in [2.05, 4.69) is 12.2 Å². The Balaban J connectivity index is 1.84. The van der Waals surface area contributed by atoms with Crippen molar-refractivity contribution in [2.45, 2.75) is 51.2 Å². The second-order valence-electron chi connectivity index (χ2n) is 4.88. The molecule has 82 valence electrons. The summed E-state index contributed by atoms with van der Waals surface area (Å²) in [5.41, 5.74) is 0. The van der Waals surface area contributed by atoms with E-state index in [0.29, 0.717) is 12.1 Å². The van der Waals surface area contributed by atoms with E-state index in [1.54, 1.807) is 0 Å². The molecular formula is C12H23NO. The summed E-state index contributed by atoms with van der Waals surface area (Å²) in [7, 11) is 1.88. The highest BCUT2D eigenvalue weighted by atomic mass is 16.5. The summed E-state index contributed by atoms with van der Waals surface area (Å²) in [6, 6.07) is 0.616. The fourth-order valence-electron chi connectivity index (χ4n) is 2.42. The normalized spacial score (nSPS) is 26.1. The lowest BCUT2D eigenvalue weighted by Crippen LogP contribution is -2.42. The Bertz CT molecular complexity index is 175. The molecule has 2 aliphatic rings. The maximum Gasteiger partial charge on any atom is 0.0752 e. The lowest BCUT2D eigenvalue weighted by atomic mass is 10.0. The molecule has 2 nitrogen and oxygen atoms in total. The van der Waals surface area contributed by atoms with Gasteiger partial charge in [-0.3, -0.25) is 0 Å². The van der Waals surface area contributed by atoms with Gasteiger partial charge >= 0.3 is 0 Å². The van der Waals surface area contributed by atoms with Gasteiger partial charge in [-0.1, -0.05) is 19.8 Å². The highest BCUT2D eigenvalue weighted by molar-refractivity contribution is 4.92. The van der Waals surface area contributed by atoms with Gasteiger partial charge in [0.2, 0.25) is 0 Å². The molecule has 2 unspecified atom stereocenters. The van der Waals surface area contributed by atoms with E-state index in [1.807, 2.05) is 7.11 Å². The molecule has 0 saturated heterocycles. The summed E-state index contributed by atoms with van der Waals surface area (Å²) in [6.07, 6.45) is 7.47. The zero-order valence-electron chi connectivity index (χ0n) is 9.46. The van der Waals surface area contributed by atoms with Crippen LogP contribution >= 0.6 is 0 Å². The van der Waals surface area contributed by atoms with Crippen LogP contribution in [0.2, 0.25) is 0 Å². The van der Waals surface area contributed by atoms with Crippen molar-refractivity contribution in [3.8, 4) is 0 Å². The van der Waals surface area contributed by atoms with E-state index in [0.717, 1.165) is 18.4 Å². The second kappa shape index (κ2) is 4.63. The van der Waals surface area contributed by atoms with Crippen molar-refractivity contribution >= 4 is 0 Å². The SMILES string of the molecule is CCNC(CC1CC1)C(OC)C1CC1. The van der Waals surface area contributed by atoms with Crippen molar-refractivity contribution < 1.29 is 4.74 Å². The van der Waals surface area contributed by atoms with E-state index in [-0.39, 0.29) is 0 Å². The number of hydrogen-bond acceptors (Lipinski definition) is 2. The Morgan fingerprint density at radius 1 is 1.29 bits per heavy atom. The van der Waals surface area contributed by atoms with Crippen LogP contribution in [0.3, 0.4) is 0 Å². The first-order chi connectivity index (χ1) is 6.85. The predicted molar refractivity (Wildman–Crippen MR) is 58.3 cm³/mol. The molecule has 0 aromatic carbocycles. The van der Waals surface area contributed by atoms with Crippen molar-refractivity contribution in [2.75, 3.05) is 13.7 Å². The molecule has 0 aliphatic heterocycles. The lowest BCUT2D eigenvalue weighted by Gasteiger charge is -2.26. The quantitative estimate of drug-likeness (QED) is 0.675. The summed E-state index contributed by atoms with van der Waals surface area (Å²) in [6.45, 7) is 3.27. The highest BCUT2D eigenvalue weighted by Gasteiger charge is 2.38. The maximum atomic E-state index is 5.66. The fraction of sp³-hybridized carbons (Fsp3) is 1.00. The average Bonchev–Trinajstić information content (AvgIpc) is 3.00. The Morgan fingerprint density at radius 3 is 2.43 bits per heavy atom. The number of ether oxygens (including phenoxy) is 1. The fourth-order valence-corrected chi connectivity index (χ4v) is 2.42. The summed E-state index contributed by atoms with van der Waals surface area (Å²) in [5.74, 6) is 1.85. The first kappa shape index (κ1) is 10.4. The van der Waals surface area contributed by atoms with E-state index in [1.165, 1.54) is 32.1 Å². The first-order valence-electron chi connectivity index (χ1n) is 6.11. The molecule has 0 spiro atoms. The summed E-state index contributed by atoms with van der Waals surface area (Å²) < 4.78 is 5.66. The zero-order chi connectivity index (χ0) is 9.97. The van der Waals surface area contributed by atoms with Gasteiger partial charge < -0.3 is 10.1 Å². The standard InChI is InChI=1S/C12H23NO/c1-3-13-11(8-9-4-5-9)12(14-2)10-6-7-10/h9-13H,3-8H2,1-2H3. The Labute approximate surface area is 87.4 Å². The van der Waals surface area contributed by atoms with E-state index in [4.69, 9.17) is 4.74 Å². The van der Waals surface area contributed by atoms with Gasteiger partial charge in [-0.2, -0.15) is 0 Å². The van der Waals surface area contributed by atoms with E-state index in [9.17, 15) is 0 Å². The molecule has 14 heavy (non-hydrogen) atoms. The van der Waals surface area contributed by atoms with Crippen LogP contribution < -0.4 is 5.32 Å². The molecule has 0 aromatic rings. The number of likely N-dealkylation sites (N-methyl/N-ethyl adjacent to an activating group) is 1. The van der Waals surface area contributed by atoms with Crippen LogP contribution in [-0.4, -0.2) is 25.8 Å². The average molecular weight is 197 g/mol. The molecule has 2 rings (SSSR count). The van der Waals surface area contributed by atoms with Crippen LogP contribution in [0.1, 0.15) is 39.0 Å². The molecule has 1 N–H and O–H groups in total. The van der Waals surface area contributed by atoms with Crippen LogP contribution in [0.5, 0.6) is 0 Å². The van der Waals surface area contributed by atoms with Gasteiger partial charge in [-0.05, 0) is 37.6 Å². The molecule has 0 aromatic heterocycles. The minimum atomic E-state index is 0.482. The smallest absolute Gasteiger partial charge is 0.0752 e. The molecule has 2 aliphatic carbocycles. The van der Waals surface area contributed by atoms with Crippen molar-refractivity contribution in [2.24, 2.45) is 11.8 Å². The zero-order valence-corrected chi connectivity index (χ0v) is 9.46. The molecule has 0 amide bonds. The summed E-state index contributed by atoms with van der Waals surface area (Å²) >= 11 is 0. The molecule has 0 bridgehead atoms. The van der Waals surface area contributed by atoms with Crippen LogP contribution in [0.25, 0.3) is 0 Å². The number of nitrogens with one attached hydrogen (secondary N) is 1. The molecule has 0 radical (unpaired) electrons. The van der Waals surface area contributed by atoms with Crippen molar-refractivity contribution in [1.82, 2.24) is 5.32 Å². The van der Waals surface area contributed by atoms with Gasteiger partial charge in [-0.25, -0.2) is 0 Å². The van der Waals surface area contributed by atoms with E-state index >= 15 is 0 Å². The van der Waals surface area contributed by atoms with Gasteiger partial charge in [0.15, 0.2) is 0 Å².